The van der Waals surface area contributed by atoms with Crippen molar-refractivity contribution in [2.75, 3.05) is 0 Å². The van der Waals surface area contributed by atoms with E-state index < -0.39 is 34.4 Å². The van der Waals surface area contributed by atoms with Crippen molar-refractivity contribution in [3.05, 3.63) is 40.7 Å². The van der Waals surface area contributed by atoms with E-state index in [1.54, 1.807) is 0 Å². The normalized spacial score (nSPS) is 10.6. The second-order valence-corrected chi connectivity index (χ2v) is 4.42. The van der Waals surface area contributed by atoms with Gasteiger partial charge in [-0.2, -0.15) is 0 Å². The van der Waals surface area contributed by atoms with Gasteiger partial charge in [-0.05, 0) is 25.1 Å². The maximum atomic E-state index is 13.3. The van der Waals surface area contributed by atoms with E-state index in [1.165, 1.54) is 6.92 Å². The summed E-state index contributed by atoms with van der Waals surface area (Å²) in [5.41, 5.74) is -0.698. The Morgan fingerprint density at radius 1 is 0.905 bits per heavy atom. The van der Waals surface area contributed by atoms with Gasteiger partial charge >= 0.3 is 0 Å². The minimum atomic E-state index is -1.30. The van der Waals surface area contributed by atoms with Crippen LogP contribution in [0.25, 0.3) is 0 Å². The summed E-state index contributed by atoms with van der Waals surface area (Å²) in [7, 11) is 0. The highest BCUT2D eigenvalue weighted by molar-refractivity contribution is 6.11. The number of aromatic hydroxyl groups is 5. The molecular formula is C14H11FO6. The molecule has 0 aliphatic rings. The van der Waals surface area contributed by atoms with Crippen LogP contribution in [0.2, 0.25) is 0 Å². The molecule has 0 aliphatic carbocycles. The van der Waals surface area contributed by atoms with Crippen LogP contribution in [0.4, 0.5) is 4.39 Å². The fourth-order valence-corrected chi connectivity index (χ4v) is 1.76. The van der Waals surface area contributed by atoms with Gasteiger partial charge in [0.15, 0.2) is 23.1 Å². The third kappa shape index (κ3) is 2.29. The highest BCUT2D eigenvalue weighted by atomic mass is 19.1. The summed E-state index contributed by atoms with van der Waals surface area (Å²) in [6, 6.07) is 2.60. The Hall–Kier alpha value is -2.96. The van der Waals surface area contributed by atoms with E-state index >= 15 is 0 Å². The van der Waals surface area contributed by atoms with Gasteiger partial charge in [0, 0.05) is 11.1 Å². The molecule has 0 saturated carbocycles. The summed E-state index contributed by atoms with van der Waals surface area (Å²) in [5, 5.41) is 47.2. The lowest BCUT2D eigenvalue weighted by Crippen LogP contribution is -2.03. The molecule has 6 nitrogen and oxygen atoms in total. The zero-order chi connectivity index (χ0) is 15.9. The van der Waals surface area contributed by atoms with E-state index in [2.05, 4.69) is 0 Å². The highest BCUT2D eigenvalue weighted by Gasteiger charge is 2.23. The molecule has 5 N–H and O–H groups in total. The molecule has 2 aromatic carbocycles. The molecule has 0 fully saturated rings. The van der Waals surface area contributed by atoms with Crippen LogP contribution < -0.4 is 0 Å². The number of hydrogen-bond donors (Lipinski definition) is 5. The van der Waals surface area contributed by atoms with Crippen LogP contribution in [-0.2, 0) is 0 Å². The monoisotopic (exact) mass is 294 g/mol. The summed E-state index contributed by atoms with van der Waals surface area (Å²) in [6.45, 7) is 1.42. The van der Waals surface area contributed by atoms with E-state index in [1.807, 2.05) is 0 Å². The maximum absolute atomic E-state index is 13.3. The molecule has 7 heteroatoms. The zero-order valence-electron chi connectivity index (χ0n) is 10.8. The molecule has 21 heavy (non-hydrogen) atoms. The smallest absolute Gasteiger partial charge is 0.204 e. The predicted octanol–water partition coefficient (Wildman–Crippen LogP) is 1.89. The number of ketones is 1. The van der Waals surface area contributed by atoms with Gasteiger partial charge in [-0.3, -0.25) is 4.79 Å². The molecule has 2 aromatic rings. The molecule has 0 unspecified atom stereocenters. The fourth-order valence-electron chi connectivity index (χ4n) is 1.76. The number of hydrogen-bond acceptors (Lipinski definition) is 6. The highest BCUT2D eigenvalue weighted by Crippen LogP contribution is 2.40. The molecule has 0 aliphatic heterocycles. The minimum Gasteiger partial charge on any atom is -0.508 e. The average Bonchev–Trinajstić information content (AvgIpc) is 2.45. The SMILES string of the molecule is Cc1c(O)cc(C(=O)c2cc(F)c(O)c(O)c2O)cc1O. The van der Waals surface area contributed by atoms with Gasteiger partial charge in [-0.15, -0.1) is 0 Å². The van der Waals surface area contributed by atoms with Crippen LogP contribution in [-0.4, -0.2) is 31.3 Å². The number of phenolic OH excluding ortho intramolecular Hbond substituents is 5. The topological polar surface area (TPSA) is 118 Å². The van der Waals surface area contributed by atoms with Crippen molar-refractivity contribution in [2.45, 2.75) is 6.92 Å². The van der Waals surface area contributed by atoms with Crippen LogP contribution in [0, 0.1) is 12.7 Å². The van der Waals surface area contributed by atoms with Crippen LogP contribution in [0.5, 0.6) is 28.7 Å². The summed E-state index contributed by atoms with van der Waals surface area (Å²) < 4.78 is 13.3. The van der Waals surface area contributed by atoms with Gasteiger partial charge in [0.25, 0.3) is 0 Å². The van der Waals surface area contributed by atoms with Crippen LogP contribution in [0.3, 0.4) is 0 Å². The Morgan fingerprint density at radius 3 is 1.95 bits per heavy atom. The predicted molar refractivity (Wildman–Crippen MR) is 69.3 cm³/mol. The van der Waals surface area contributed by atoms with E-state index in [4.69, 9.17) is 5.11 Å². The lowest BCUT2D eigenvalue weighted by molar-refractivity contribution is 0.103. The number of phenols is 5. The first kappa shape index (κ1) is 14.4. The summed E-state index contributed by atoms with van der Waals surface area (Å²) >= 11 is 0. The van der Waals surface area contributed by atoms with Gasteiger partial charge in [-0.25, -0.2) is 4.39 Å². The van der Waals surface area contributed by atoms with E-state index in [-0.39, 0.29) is 22.6 Å². The summed E-state index contributed by atoms with van der Waals surface area (Å²) in [4.78, 5) is 12.2. The molecule has 0 amide bonds. The first-order valence-corrected chi connectivity index (χ1v) is 5.74. The summed E-state index contributed by atoms with van der Waals surface area (Å²) in [6.07, 6.45) is 0. The number of carbonyl (C=O) groups is 1. The molecule has 0 atom stereocenters. The molecule has 110 valence electrons. The van der Waals surface area contributed by atoms with Crippen molar-refractivity contribution in [3.63, 3.8) is 0 Å². The Bertz CT molecular complexity index is 731. The molecular weight excluding hydrogens is 283 g/mol. The molecule has 0 radical (unpaired) electrons. The van der Waals surface area contributed by atoms with Gasteiger partial charge < -0.3 is 25.5 Å². The lowest BCUT2D eigenvalue weighted by atomic mass is 9.99. The largest absolute Gasteiger partial charge is 0.508 e. The maximum Gasteiger partial charge on any atom is 0.204 e. The molecule has 0 saturated heterocycles. The van der Waals surface area contributed by atoms with Crippen molar-refractivity contribution in [1.29, 1.82) is 0 Å². The molecule has 0 bridgehead atoms. The van der Waals surface area contributed by atoms with Crippen molar-refractivity contribution >= 4 is 5.78 Å². The van der Waals surface area contributed by atoms with Crippen molar-refractivity contribution < 1.29 is 34.7 Å². The van der Waals surface area contributed by atoms with Crippen molar-refractivity contribution in [2.24, 2.45) is 0 Å². The summed E-state index contributed by atoms with van der Waals surface area (Å²) in [5.74, 6) is -6.32. The Morgan fingerprint density at radius 2 is 1.43 bits per heavy atom. The molecule has 2 rings (SSSR count). The first-order valence-electron chi connectivity index (χ1n) is 5.74. The van der Waals surface area contributed by atoms with Gasteiger partial charge in [0.1, 0.15) is 11.5 Å². The van der Waals surface area contributed by atoms with Gasteiger partial charge in [0.2, 0.25) is 5.75 Å². The van der Waals surface area contributed by atoms with E-state index in [9.17, 15) is 29.6 Å². The van der Waals surface area contributed by atoms with Gasteiger partial charge in [-0.1, -0.05) is 0 Å². The Kier molecular flexibility index (Phi) is 3.34. The number of halogens is 1. The third-order valence-electron chi connectivity index (χ3n) is 3.06. The molecule has 0 aromatic heterocycles. The quantitative estimate of drug-likeness (QED) is 0.426. The Labute approximate surface area is 118 Å². The van der Waals surface area contributed by atoms with Crippen molar-refractivity contribution in [1.82, 2.24) is 0 Å². The minimum absolute atomic E-state index is 0.149. The second-order valence-electron chi connectivity index (χ2n) is 4.42. The van der Waals surface area contributed by atoms with Crippen LogP contribution in [0.1, 0.15) is 21.5 Å². The lowest BCUT2D eigenvalue weighted by Gasteiger charge is -2.09. The first-order chi connectivity index (χ1) is 9.73. The van der Waals surface area contributed by atoms with Crippen LogP contribution in [0.15, 0.2) is 18.2 Å². The Balaban J connectivity index is 2.61. The fraction of sp³-hybridized carbons (Fsp3) is 0.0714. The number of carbonyl (C=O) groups excluding carboxylic acids is 1. The van der Waals surface area contributed by atoms with E-state index in [0.717, 1.165) is 12.1 Å². The number of benzene rings is 2. The standard InChI is InChI=1S/C14H11FO6/c1-5-9(16)2-6(3-10(5)17)11(18)7-4-8(15)13(20)14(21)12(7)19/h2-4,16-17,19-21H,1H3. The molecule has 0 heterocycles. The average molecular weight is 294 g/mol. The van der Waals surface area contributed by atoms with E-state index in [0.29, 0.717) is 6.07 Å². The second kappa shape index (κ2) is 4.86. The van der Waals surface area contributed by atoms with Gasteiger partial charge in [0.05, 0.1) is 5.56 Å². The zero-order valence-corrected chi connectivity index (χ0v) is 10.8. The third-order valence-corrected chi connectivity index (χ3v) is 3.06. The van der Waals surface area contributed by atoms with Crippen LogP contribution >= 0.6 is 0 Å². The van der Waals surface area contributed by atoms with Crippen molar-refractivity contribution in [3.8, 4) is 28.7 Å². The number of rotatable bonds is 2. The molecule has 0 spiro atoms.